The van der Waals surface area contributed by atoms with E-state index < -0.39 is 0 Å². The maximum atomic E-state index is 9.50. The summed E-state index contributed by atoms with van der Waals surface area (Å²) in [6, 6.07) is 16.4. The van der Waals surface area contributed by atoms with Gasteiger partial charge in [0.1, 0.15) is 11.7 Å². The number of morpholine rings is 1. The van der Waals surface area contributed by atoms with E-state index in [1.807, 2.05) is 28.8 Å². The maximum Gasteiger partial charge on any atom is 0.168 e. The Morgan fingerprint density at radius 3 is 2.65 bits per heavy atom. The number of rotatable bonds is 5. The van der Waals surface area contributed by atoms with Crippen LogP contribution in [0.3, 0.4) is 0 Å². The van der Waals surface area contributed by atoms with Gasteiger partial charge in [0.2, 0.25) is 0 Å². The van der Waals surface area contributed by atoms with Gasteiger partial charge in [-0.1, -0.05) is 30.3 Å². The second-order valence-corrected chi connectivity index (χ2v) is 6.36. The number of nitriles is 1. The molecule has 1 fully saturated rings. The van der Waals surface area contributed by atoms with Crippen LogP contribution in [0.15, 0.2) is 48.7 Å². The van der Waals surface area contributed by atoms with Gasteiger partial charge in [0.05, 0.1) is 13.2 Å². The number of fused-ring (bicyclic) bond motifs is 1. The Morgan fingerprint density at radius 2 is 1.85 bits per heavy atom. The molecule has 1 N–H and O–H groups in total. The fraction of sp³-hybridized carbons (Fsp3) is 0.300. The molecule has 0 unspecified atom stereocenters. The first kappa shape index (κ1) is 16.6. The van der Waals surface area contributed by atoms with Crippen LogP contribution in [0.5, 0.6) is 0 Å². The first-order valence-electron chi connectivity index (χ1n) is 8.83. The zero-order valence-electron chi connectivity index (χ0n) is 14.6. The van der Waals surface area contributed by atoms with Gasteiger partial charge in [-0.2, -0.15) is 5.26 Å². The fourth-order valence-electron chi connectivity index (χ4n) is 3.29. The molecule has 1 saturated heterocycles. The molecule has 0 saturated carbocycles. The van der Waals surface area contributed by atoms with E-state index in [0.717, 1.165) is 38.5 Å². The first-order chi connectivity index (χ1) is 12.8. The molecule has 0 radical (unpaired) electrons. The molecule has 1 aromatic carbocycles. The van der Waals surface area contributed by atoms with Crippen molar-refractivity contribution < 1.29 is 4.74 Å². The lowest BCUT2D eigenvalue weighted by molar-refractivity contribution is 0.0341. The third-order valence-corrected chi connectivity index (χ3v) is 4.70. The smallest absolute Gasteiger partial charge is 0.168 e. The van der Waals surface area contributed by atoms with Crippen molar-refractivity contribution in [3.63, 3.8) is 0 Å². The number of anilines is 1. The van der Waals surface area contributed by atoms with E-state index in [1.165, 1.54) is 11.1 Å². The summed E-state index contributed by atoms with van der Waals surface area (Å²) in [5.41, 5.74) is 3.82. The number of nitrogens with zero attached hydrogens (tertiary/aromatic N) is 4. The van der Waals surface area contributed by atoms with Crippen LogP contribution in [-0.2, 0) is 17.8 Å². The monoisotopic (exact) mass is 347 g/mol. The normalized spacial score (nSPS) is 15.0. The van der Waals surface area contributed by atoms with Crippen LogP contribution in [0.25, 0.3) is 5.65 Å². The highest BCUT2D eigenvalue weighted by Crippen LogP contribution is 2.19. The van der Waals surface area contributed by atoms with Gasteiger partial charge in [0, 0.05) is 32.4 Å². The highest BCUT2D eigenvalue weighted by molar-refractivity contribution is 5.59. The van der Waals surface area contributed by atoms with E-state index in [9.17, 15) is 5.26 Å². The van der Waals surface area contributed by atoms with E-state index in [1.54, 1.807) is 0 Å². The van der Waals surface area contributed by atoms with E-state index in [-0.39, 0.29) is 0 Å². The largest absolute Gasteiger partial charge is 0.379 e. The number of ether oxygens (including phenoxy) is 1. The quantitative estimate of drug-likeness (QED) is 0.769. The summed E-state index contributed by atoms with van der Waals surface area (Å²) in [4.78, 5) is 6.96. The Balaban J connectivity index is 1.52. The van der Waals surface area contributed by atoms with Crippen molar-refractivity contribution in [3.8, 4) is 6.07 Å². The minimum atomic E-state index is 0.534. The summed E-state index contributed by atoms with van der Waals surface area (Å²) in [5, 5.41) is 12.9. The van der Waals surface area contributed by atoms with E-state index in [4.69, 9.17) is 4.74 Å². The first-order valence-corrected chi connectivity index (χ1v) is 8.83. The number of hydrogen-bond acceptors (Lipinski definition) is 5. The summed E-state index contributed by atoms with van der Waals surface area (Å²) in [5.74, 6) is 0.625. The van der Waals surface area contributed by atoms with Gasteiger partial charge in [0.25, 0.3) is 0 Å². The van der Waals surface area contributed by atoms with Crippen molar-refractivity contribution in [1.29, 1.82) is 5.26 Å². The van der Waals surface area contributed by atoms with E-state index in [2.05, 4.69) is 45.5 Å². The summed E-state index contributed by atoms with van der Waals surface area (Å²) < 4.78 is 7.24. The van der Waals surface area contributed by atoms with Gasteiger partial charge in [-0.05, 0) is 23.3 Å². The number of benzene rings is 1. The average molecular weight is 347 g/mol. The zero-order valence-corrected chi connectivity index (χ0v) is 14.6. The second-order valence-electron chi connectivity index (χ2n) is 6.36. The molecular formula is C20H21N5O. The van der Waals surface area contributed by atoms with Crippen molar-refractivity contribution in [1.82, 2.24) is 14.3 Å². The molecule has 2 aromatic heterocycles. The number of aromatic nitrogens is 2. The van der Waals surface area contributed by atoms with Crippen molar-refractivity contribution in [2.45, 2.75) is 13.1 Å². The SMILES string of the molecule is N#Cc1c(NCc2ccccc2CN2CCOCC2)nc2ccccn12. The summed E-state index contributed by atoms with van der Waals surface area (Å²) in [6.07, 6.45) is 1.86. The van der Waals surface area contributed by atoms with Crippen molar-refractivity contribution in [3.05, 3.63) is 65.5 Å². The molecule has 4 rings (SSSR count). The fourth-order valence-corrected chi connectivity index (χ4v) is 3.29. The Kier molecular flexibility index (Phi) is 4.82. The minimum Gasteiger partial charge on any atom is -0.379 e. The molecule has 6 nitrogen and oxygen atoms in total. The second kappa shape index (κ2) is 7.56. The molecule has 132 valence electrons. The minimum absolute atomic E-state index is 0.534. The van der Waals surface area contributed by atoms with Crippen LogP contribution in [-0.4, -0.2) is 40.6 Å². The Morgan fingerprint density at radius 1 is 1.08 bits per heavy atom. The lowest BCUT2D eigenvalue weighted by atomic mass is 10.1. The van der Waals surface area contributed by atoms with Crippen LogP contribution in [0.4, 0.5) is 5.82 Å². The zero-order chi connectivity index (χ0) is 17.8. The molecule has 0 bridgehead atoms. The number of imidazole rings is 1. The predicted octanol–water partition coefficient (Wildman–Crippen LogP) is 2.65. The number of pyridine rings is 1. The molecule has 26 heavy (non-hydrogen) atoms. The highest BCUT2D eigenvalue weighted by atomic mass is 16.5. The average Bonchev–Trinajstić information content (AvgIpc) is 3.05. The van der Waals surface area contributed by atoms with Gasteiger partial charge >= 0.3 is 0 Å². The molecular weight excluding hydrogens is 326 g/mol. The van der Waals surface area contributed by atoms with Gasteiger partial charge < -0.3 is 10.1 Å². The third-order valence-electron chi connectivity index (χ3n) is 4.70. The summed E-state index contributed by atoms with van der Waals surface area (Å²) in [6.45, 7) is 5.08. The van der Waals surface area contributed by atoms with Gasteiger partial charge in [-0.15, -0.1) is 0 Å². The molecule has 1 aliphatic heterocycles. The molecule has 6 heteroatoms. The third kappa shape index (κ3) is 3.40. The molecule has 3 heterocycles. The maximum absolute atomic E-state index is 9.50. The molecule has 0 amide bonds. The van der Waals surface area contributed by atoms with Crippen LogP contribution >= 0.6 is 0 Å². The van der Waals surface area contributed by atoms with Crippen LogP contribution < -0.4 is 5.32 Å². The summed E-state index contributed by atoms with van der Waals surface area (Å²) in [7, 11) is 0. The standard InChI is InChI=1S/C20H21N5O/c21-13-18-20(23-19-7-3-4-8-25(18)19)22-14-16-5-1-2-6-17(16)15-24-9-11-26-12-10-24/h1-8,22H,9-12,14-15H2. The van der Waals surface area contributed by atoms with Gasteiger partial charge in [0.15, 0.2) is 11.5 Å². The highest BCUT2D eigenvalue weighted by Gasteiger charge is 2.14. The molecule has 0 atom stereocenters. The van der Waals surface area contributed by atoms with E-state index >= 15 is 0 Å². The Hall–Kier alpha value is -2.88. The van der Waals surface area contributed by atoms with Crippen LogP contribution in [0.1, 0.15) is 16.8 Å². The topological polar surface area (TPSA) is 65.6 Å². The molecule has 1 aliphatic rings. The van der Waals surface area contributed by atoms with Gasteiger partial charge in [-0.25, -0.2) is 4.98 Å². The molecule has 3 aromatic rings. The molecule has 0 aliphatic carbocycles. The number of nitrogens with one attached hydrogen (secondary N) is 1. The van der Waals surface area contributed by atoms with Crippen molar-refractivity contribution >= 4 is 11.5 Å². The number of hydrogen-bond donors (Lipinski definition) is 1. The van der Waals surface area contributed by atoms with Crippen molar-refractivity contribution in [2.75, 3.05) is 31.6 Å². The van der Waals surface area contributed by atoms with Crippen LogP contribution in [0, 0.1) is 11.3 Å². The van der Waals surface area contributed by atoms with Gasteiger partial charge in [-0.3, -0.25) is 9.30 Å². The predicted molar refractivity (Wildman–Crippen MR) is 99.8 cm³/mol. The van der Waals surface area contributed by atoms with Crippen LogP contribution in [0.2, 0.25) is 0 Å². The molecule has 0 spiro atoms. The lowest BCUT2D eigenvalue weighted by Gasteiger charge is -2.27. The van der Waals surface area contributed by atoms with Crippen molar-refractivity contribution in [2.24, 2.45) is 0 Å². The van der Waals surface area contributed by atoms with E-state index in [0.29, 0.717) is 18.1 Å². The lowest BCUT2D eigenvalue weighted by Crippen LogP contribution is -2.35. The Bertz CT molecular complexity index is 937. The Labute approximate surface area is 152 Å². The summed E-state index contributed by atoms with van der Waals surface area (Å²) >= 11 is 0.